The summed E-state index contributed by atoms with van der Waals surface area (Å²) in [7, 11) is 0. The van der Waals surface area contributed by atoms with E-state index < -0.39 is 0 Å². The molecule has 0 fully saturated rings. The standard InChI is InChI=1S/C11H14FNO/c1-8(2)13-14-7-10-9(3)5-4-6-11(10)12/h4-6H,7H2,1-3H3. The number of oxime groups is 1. The summed E-state index contributed by atoms with van der Waals surface area (Å²) in [6.45, 7) is 5.69. The summed E-state index contributed by atoms with van der Waals surface area (Å²) in [5.74, 6) is -0.242. The van der Waals surface area contributed by atoms with Crippen LogP contribution in [-0.2, 0) is 11.4 Å². The first-order valence-electron chi connectivity index (χ1n) is 4.48. The zero-order chi connectivity index (χ0) is 10.6. The van der Waals surface area contributed by atoms with Crippen LogP contribution in [0, 0.1) is 12.7 Å². The molecule has 0 radical (unpaired) electrons. The van der Waals surface area contributed by atoms with Gasteiger partial charge in [-0.25, -0.2) is 4.39 Å². The topological polar surface area (TPSA) is 21.6 Å². The highest BCUT2D eigenvalue weighted by molar-refractivity contribution is 5.78. The van der Waals surface area contributed by atoms with Crippen LogP contribution in [-0.4, -0.2) is 5.71 Å². The summed E-state index contributed by atoms with van der Waals surface area (Å²) in [6, 6.07) is 4.96. The van der Waals surface area contributed by atoms with E-state index in [1.165, 1.54) is 6.07 Å². The molecule has 0 spiro atoms. The second-order valence-electron chi connectivity index (χ2n) is 3.35. The Balaban J connectivity index is 2.71. The zero-order valence-electron chi connectivity index (χ0n) is 8.67. The molecule has 0 N–H and O–H groups in total. The third-order valence-electron chi connectivity index (χ3n) is 1.81. The number of nitrogens with zero attached hydrogens (tertiary/aromatic N) is 1. The lowest BCUT2D eigenvalue weighted by Crippen LogP contribution is -1.96. The summed E-state index contributed by atoms with van der Waals surface area (Å²) in [4.78, 5) is 4.99. The molecule has 1 rings (SSSR count). The van der Waals surface area contributed by atoms with Gasteiger partial charge in [-0.3, -0.25) is 0 Å². The molecule has 0 saturated carbocycles. The van der Waals surface area contributed by atoms with Crippen LogP contribution in [0.2, 0.25) is 0 Å². The Morgan fingerprint density at radius 1 is 1.43 bits per heavy atom. The van der Waals surface area contributed by atoms with Crippen molar-refractivity contribution >= 4 is 5.71 Å². The summed E-state index contributed by atoms with van der Waals surface area (Å²) in [5.41, 5.74) is 2.27. The van der Waals surface area contributed by atoms with Crippen LogP contribution in [0.15, 0.2) is 23.4 Å². The highest BCUT2D eigenvalue weighted by Gasteiger charge is 2.04. The first kappa shape index (κ1) is 10.7. The Morgan fingerprint density at radius 3 is 2.71 bits per heavy atom. The summed E-state index contributed by atoms with van der Waals surface area (Å²) in [6.07, 6.45) is 0. The van der Waals surface area contributed by atoms with E-state index in [2.05, 4.69) is 5.16 Å². The van der Waals surface area contributed by atoms with E-state index in [1.807, 2.05) is 26.8 Å². The number of hydrogen-bond acceptors (Lipinski definition) is 2. The molecule has 0 aliphatic carbocycles. The van der Waals surface area contributed by atoms with Crippen molar-refractivity contribution < 1.29 is 9.23 Å². The van der Waals surface area contributed by atoms with Gasteiger partial charge in [-0.05, 0) is 32.4 Å². The van der Waals surface area contributed by atoms with E-state index in [0.29, 0.717) is 5.56 Å². The van der Waals surface area contributed by atoms with E-state index >= 15 is 0 Å². The Morgan fingerprint density at radius 2 is 2.14 bits per heavy atom. The molecule has 0 aromatic heterocycles. The molecule has 3 heteroatoms. The van der Waals surface area contributed by atoms with Crippen molar-refractivity contribution in [1.82, 2.24) is 0 Å². The van der Waals surface area contributed by atoms with Crippen LogP contribution < -0.4 is 0 Å². The highest BCUT2D eigenvalue weighted by Crippen LogP contribution is 2.13. The number of halogens is 1. The molecule has 0 aliphatic heterocycles. The van der Waals surface area contributed by atoms with Gasteiger partial charge in [0, 0.05) is 5.56 Å². The van der Waals surface area contributed by atoms with Crippen LogP contribution >= 0.6 is 0 Å². The van der Waals surface area contributed by atoms with Gasteiger partial charge in [0.05, 0.1) is 5.71 Å². The van der Waals surface area contributed by atoms with Gasteiger partial charge in [0.25, 0.3) is 0 Å². The SMILES string of the molecule is CC(C)=NOCc1c(C)cccc1F. The van der Waals surface area contributed by atoms with Crippen molar-refractivity contribution in [3.63, 3.8) is 0 Å². The van der Waals surface area contributed by atoms with Gasteiger partial charge in [0.1, 0.15) is 12.4 Å². The van der Waals surface area contributed by atoms with E-state index in [9.17, 15) is 4.39 Å². The molecule has 0 heterocycles. The van der Waals surface area contributed by atoms with E-state index in [4.69, 9.17) is 4.84 Å². The molecule has 1 aromatic carbocycles. The second-order valence-corrected chi connectivity index (χ2v) is 3.35. The molecule has 0 aliphatic rings. The highest BCUT2D eigenvalue weighted by atomic mass is 19.1. The van der Waals surface area contributed by atoms with Crippen LogP contribution in [0.4, 0.5) is 4.39 Å². The second kappa shape index (κ2) is 4.74. The number of benzene rings is 1. The van der Waals surface area contributed by atoms with E-state index in [0.717, 1.165) is 11.3 Å². The molecule has 0 bridgehead atoms. The lowest BCUT2D eigenvalue weighted by atomic mass is 10.1. The molecule has 0 amide bonds. The maximum atomic E-state index is 13.2. The largest absolute Gasteiger partial charge is 0.391 e. The summed E-state index contributed by atoms with van der Waals surface area (Å²) < 4.78 is 13.2. The molecular formula is C11H14FNO. The van der Waals surface area contributed by atoms with Gasteiger partial charge < -0.3 is 4.84 Å². The third-order valence-corrected chi connectivity index (χ3v) is 1.81. The minimum absolute atomic E-state index is 0.184. The first-order valence-corrected chi connectivity index (χ1v) is 4.48. The summed E-state index contributed by atoms with van der Waals surface area (Å²) in [5, 5.41) is 3.75. The lowest BCUT2D eigenvalue weighted by Gasteiger charge is -2.05. The van der Waals surface area contributed by atoms with Gasteiger partial charge in [0.2, 0.25) is 0 Å². The minimum Gasteiger partial charge on any atom is -0.391 e. The lowest BCUT2D eigenvalue weighted by molar-refractivity contribution is 0.127. The van der Waals surface area contributed by atoms with Crippen LogP contribution in [0.25, 0.3) is 0 Å². The van der Waals surface area contributed by atoms with Crippen molar-refractivity contribution in [2.24, 2.45) is 5.16 Å². The monoisotopic (exact) mass is 195 g/mol. The number of rotatable bonds is 3. The predicted molar refractivity (Wildman–Crippen MR) is 54.7 cm³/mol. The Bertz CT molecular complexity index is 323. The molecule has 2 nitrogen and oxygen atoms in total. The van der Waals surface area contributed by atoms with Crippen LogP contribution in [0.5, 0.6) is 0 Å². The number of hydrogen-bond donors (Lipinski definition) is 0. The molecule has 0 unspecified atom stereocenters. The predicted octanol–water partition coefficient (Wildman–Crippen LogP) is 3.05. The normalized spacial score (nSPS) is 9.71. The van der Waals surface area contributed by atoms with Gasteiger partial charge in [-0.1, -0.05) is 17.3 Å². The van der Waals surface area contributed by atoms with Crippen molar-refractivity contribution in [2.45, 2.75) is 27.4 Å². The Hall–Kier alpha value is -1.38. The van der Waals surface area contributed by atoms with Gasteiger partial charge in [0.15, 0.2) is 0 Å². The molecule has 1 aromatic rings. The quantitative estimate of drug-likeness (QED) is 0.536. The molecule has 0 atom stereocenters. The summed E-state index contributed by atoms with van der Waals surface area (Å²) >= 11 is 0. The maximum Gasteiger partial charge on any atom is 0.145 e. The maximum absolute atomic E-state index is 13.2. The molecule has 0 saturated heterocycles. The average Bonchev–Trinajstić information content (AvgIpc) is 2.09. The smallest absolute Gasteiger partial charge is 0.145 e. The first-order chi connectivity index (χ1) is 6.61. The van der Waals surface area contributed by atoms with Crippen molar-refractivity contribution in [1.29, 1.82) is 0 Å². The minimum atomic E-state index is -0.242. The van der Waals surface area contributed by atoms with Gasteiger partial charge in [-0.2, -0.15) is 0 Å². The fourth-order valence-electron chi connectivity index (χ4n) is 1.08. The number of aryl methyl sites for hydroxylation is 1. The van der Waals surface area contributed by atoms with Gasteiger partial charge in [-0.15, -0.1) is 0 Å². The average molecular weight is 195 g/mol. The van der Waals surface area contributed by atoms with Gasteiger partial charge >= 0.3 is 0 Å². The fraction of sp³-hybridized carbons (Fsp3) is 0.364. The van der Waals surface area contributed by atoms with E-state index in [1.54, 1.807) is 6.07 Å². The zero-order valence-corrected chi connectivity index (χ0v) is 8.67. The Labute approximate surface area is 83.4 Å². The van der Waals surface area contributed by atoms with Crippen LogP contribution in [0.1, 0.15) is 25.0 Å². The van der Waals surface area contributed by atoms with E-state index in [-0.39, 0.29) is 12.4 Å². The molecule has 76 valence electrons. The third kappa shape index (κ3) is 2.83. The van der Waals surface area contributed by atoms with Crippen molar-refractivity contribution in [3.05, 3.63) is 35.1 Å². The fourth-order valence-corrected chi connectivity index (χ4v) is 1.08. The van der Waals surface area contributed by atoms with Crippen molar-refractivity contribution in [3.8, 4) is 0 Å². The molecular weight excluding hydrogens is 181 g/mol. The Kier molecular flexibility index (Phi) is 3.63. The molecule has 14 heavy (non-hydrogen) atoms. The van der Waals surface area contributed by atoms with Crippen LogP contribution in [0.3, 0.4) is 0 Å². The van der Waals surface area contributed by atoms with Crippen molar-refractivity contribution in [2.75, 3.05) is 0 Å².